The van der Waals surface area contributed by atoms with Gasteiger partial charge in [-0.25, -0.2) is 9.59 Å². The average Bonchev–Trinajstić information content (AvgIpc) is 2.48. The van der Waals surface area contributed by atoms with Crippen LogP contribution in [0.2, 0.25) is 10.0 Å². The summed E-state index contributed by atoms with van der Waals surface area (Å²) in [6, 6.07) is 4.06. The first-order valence-electron chi connectivity index (χ1n) is 6.98. The molecule has 0 saturated heterocycles. The molecule has 1 aliphatic heterocycles. The van der Waals surface area contributed by atoms with E-state index in [1.165, 1.54) is 0 Å². The highest BCUT2D eigenvalue weighted by Gasteiger charge is 2.30. The van der Waals surface area contributed by atoms with E-state index < -0.39 is 18.0 Å². The van der Waals surface area contributed by atoms with Gasteiger partial charge in [0, 0.05) is 0 Å². The zero-order valence-corrected chi connectivity index (χ0v) is 14.1. The van der Waals surface area contributed by atoms with Crippen LogP contribution in [0.15, 0.2) is 29.5 Å². The Kier molecular flexibility index (Phi) is 5.74. The smallest absolute Gasteiger partial charge is 0.338 e. The predicted octanol–water partition coefficient (Wildman–Crippen LogP) is 2.89. The van der Waals surface area contributed by atoms with Crippen molar-refractivity contribution in [1.82, 2.24) is 10.6 Å². The van der Waals surface area contributed by atoms with Crippen LogP contribution in [-0.2, 0) is 9.53 Å². The lowest BCUT2D eigenvalue weighted by Gasteiger charge is -2.26. The van der Waals surface area contributed by atoms with Crippen LogP contribution >= 0.6 is 23.2 Å². The number of esters is 1. The lowest BCUT2D eigenvalue weighted by atomic mass is 10.0. The van der Waals surface area contributed by atoms with E-state index in [0.29, 0.717) is 22.0 Å². The van der Waals surface area contributed by atoms with Gasteiger partial charge in [-0.05, 0) is 26.0 Å². The van der Waals surface area contributed by atoms with Gasteiger partial charge in [-0.3, -0.25) is 0 Å². The second-order valence-corrected chi connectivity index (χ2v) is 5.56. The molecule has 8 heteroatoms. The minimum Gasteiger partial charge on any atom is -0.486 e. The van der Waals surface area contributed by atoms with Crippen LogP contribution in [0.25, 0.3) is 0 Å². The summed E-state index contributed by atoms with van der Waals surface area (Å²) < 4.78 is 10.6. The Morgan fingerprint density at radius 3 is 2.78 bits per heavy atom. The minimum atomic E-state index is -0.511. The van der Waals surface area contributed by atoms with Crippen LogP contribution in [-0.4, -0.2) is 31.3 Å². The van der Waals surface area contributed by atoms with Crippen molar-refractivity contribution < 1.29 is 19.1 Å². The summed E-state index contributed by atoms with van der Waals surface area (Å²) >= 11 is 12.0. The summed E-state index contributed by atoms with van der Waals surface area (Å²) in [6.07, 6.45) is 0. The lowest BCUT2D eigenvalue weighted by molar-refractivity contribution is -0.139. The van der Waals surface area contributed by atoms with Crippen LogP contribution < -0.4 is 15.4 Å². The number of hydrogen-bond donors (Lipinski definition) is 2. The van der Waals surface area contributed by atoms with Crippen LogP contribution in [0.4, 0.5) is 4.79 Å². The third-order valence-electron chi connectivity index (χ3n) is 3.15. The molecule has 2 amide bonds. The molecule has 1 aromatic carbocycles. The molecule has 0 spiro atoms. The van der Waals surface area contributed by atoms with Crippen molar-refractivity contribution in [1.29, 1.82) is 0 Å². The van der Waals surface area contributed by atoms with E-state index in [-0.39, 0.29) is 18.2 Å². The van der Waals surface area contributed by atoms with E-state index in [9.17, 15) is 9.59 Å². The molecule has 0 saturated carbocycles. The van der Waals surface area contributed by atoms with Gasteiger partial charge >= 0.3 is 12.0 Å². The van der Waals surface area contributed by atoms with E-state index in [0.717, 1.165) is 0 Å². The number of halogens is 2. The summed E-state index contributed by atoms with van der Waals surface area (Å²) in [5.41, 5.74) is 0.639. The summed E-state index contributed by atoms with van der Waals surface area (Å²) in [7, 11) is 0. The molecule has 1 atom stereocenters. The van der Waals surface area contributed by atoms with Gasteiger partial charge in [-0.1, -0.05) is 29.3 Å². The molecule has 1 heterocycles. The van der Waals surface area contributed by atoms with Gasteiger partial charge in [0.2, 0.25) is 0 Å². The summed E-state index contributed by atoms with van der Waals surface area (Å²) in [5, 5.41) is 5.79. The van der Waals surface area contributed by atoms with Crippen molar-refractivity contribution in [2.45, 2.75) is 19.9 Å². The normalized spacial score (nSPS) is 17.4. The van der Waals surface area contributed by atoms with E-state index in [1.54, 1.807) is 32.0 Å². The van der Waals surface area contributed by atoms with Crippen LogP contribution in [0.1, 0.15) is 13.8 Å². The first-order chi connectivity index (χ1) is 10.9. The van der Waals surface area contributed by atoms with Gasteiger partial charge in [-0.15, -0.1) is 0 Å². The van der Waals surface area contributed by atoms with E-state index in [2.05, 4.69) is 10.6 Å². The molecule has 1 aliphatic rings. The van der Waals surface area contributed by atoms with Crippen molar-refractivity contribution in [3.8, 4) is 5.75 Å². The molecule has 2 N–H and O–H groups in total. The number of urea groups is 1. The quantitative estimate of drug-likeness (QED) is 0.793. The number of carbonyl (C=O) groups is 2. The Balaban J connectivity index is 2.25. The maximum Gasteiger partial charge on any atom is 0.338 e. The highest BCUT2D eigenvalue weighted by atomic mass is 35.5. The maximum absolute atomic E-state index is 12.1. The van der Waals surface area contributed by atoms with E-state index in [1.807, 2.05) is 0 Å². The van der Waals surface area contributed by atoms with Gasteiger partial charge in [0.25, 0.3) is 0 Å². The van der Waals surface area contributed by atoms with Crippen LogP contribution in [0.3, 0.4) is 0 Å². The van der Waals surface area contributed by atoms with E-state index >= 15 is 0 Å². The van der Waals surface area contributed by atoms with Crippen LogP contribution in [0, 0.1) is 0 Å². The fourth-order valence-electron chi connectivity index (χ4n) is 2.14. The highest BCUT2D eigenvalue weighted by Crippen LogP contribution is 2.31. The molecule has 23 heavy (non-hydrogen) atoms. The first kappa shape index (κ1) is 17.4. The monoisotopic (exact) mass is 358 g/mol. The largest absolute Gasteiger partial charge is 0.486 e. The average molecular weight is 359 g/mol. The Morgan fingerprint density at radius 1 is 1.35 bits per heavy atom. The van der Waals surface area contributed by atoms with Crippen LogP contribution in [0.5, 0.6) is 5.75 Å². The molecule has 0 aromatic heterocycles. The lowest BCUT2D eigenvalue weighted by Crippen LogP contribution is -2.50. The molecular formula is C15H16Cl2N2O4. The summed E-state index contributed by atoms with van der Waals surface area (Å²) in [4.78, 5) is 23.7. The number of carbonyl (C=O) groups excluding carboxylic acids is 2. The number of ether oxygens (including phenoxy) is 2. The number of rotatable bonds is 5. The Morgan fingerprint density at radius 2 is 2.09 bits per heavy atom. The molecule has 0 unspecified atom stereocenters. The molecule has 6 nitrogen and oxygen atoms in total. The maximum atomic E-state index is 12.1. The number of nitrogens with one attached hydrogen (secondary N) is 2. The fourth-order valence-corrected chi connectivity index (χ4v) is 2.49. The number of hydrogen-bond acceptors (Lipinski definition) is 4. The first-order valence-corrected chi connectivity index (χ1v) is 7.74. The fraction of sp³-hybridized carbons (Fsp3) is 0.333. The minimum absolute atomic E-state index is 0.0496. The molecule has 0 radical (unpaired) electrons. The summed E-state index contributed by atoms with van der Waals surface area (Å²) in [6.45, 7) is 3.58. The molecule has 0 aliphatic carbocycles. The van der Waals surface area contributed by atoms with Gasteiger partial charge in [0.05, 0.1) is 28.9 Å². The van der Waals surface area contributed by atoms with Gasteiger partial charge < -0.3 is 20.1 Å². The highest BCUT2D eigenvalue weighted by molar-refractivity contribution is 6.42. The molecule has 124 valence electrons. The second-order valence-electron chi connectivity index (χ2n) is 4.77. The van der Waals surface area contributed by atoms with Crippen molar-refractivity contribution in [3.05, 3.63) is 39.5 Å². The van der Waals surface area contributed by atoms with Gasteiger partial charge in [0.1, 0.15) is 17.4 Å². The van der Waals surface area contributed by atoms with Crippen molar-refractivity contribution in [2.75, 3.05) is 13.2 Å². The van der Waals surface area contributed by atoms with E-state index in [4.69, 9.17) is 32.7 Å². The molecule has 1 aromatic rings. The zero-order valence-electron chi connectivity index (χ0n) is 12.6. The third kappa shape index (κ3) is 4.09. The molecular weight excluding hydrogens is 343 g/mol. The number of amides is 2. The van der Waals surface area contributed by atoms with Crippen molar-refractivity contribution in [3.63, 3.8) is 0 Å². The summed E-state index contributed by atoms with van der Waals surface area (Å²) in [5.74, 6) is -0.154. The third-order valence-corrected chi connectivity index (χ3v) is 3.96. The Hall–Kier alpha value is -1.92. The molecule has 0 bridgehead atoms. The van der Waals surface area contributed by atoms with Crippen molar-refractivity contribution in [2.24, 2.45) is 0 Å². The molecule has 0 fully saturated rings. The SMILES string of the molecule is CCOC(=O)C1=C(COc2cccc(Cl)c2Cl)NC(=O)N[C@H]1C. The predicted molar refractivity (Wildman–Crippen MR) is 86.7 cm³/mol. The second kappa shape index (κ2) is 7.57. The zero-order chi connectivity index (χ0) is 17.0. The van der Waals surface area contributed by atoms with Gasteiger partial charge in [-0.2, -0.15) is 0 Å². The van der Waals surface area contributed by atoms with Crippen molar-refractivity contribution >= 4 is 35.2 Å². The topological polar surface area (TPSA) is 76.7 Å². The van der Waals surface area contributed by atoms with Gasteiger partial charge in [0.15, 0.2) is 0 Å². The Labute approximate surface area is 143 Å². The number of benzene rings is 1. The standard InChI is InChI=1S/C15H16Cl2N2O4/c1-3-22-14(20)12-8(2)18-15(21)19-10(12)7-23-11-6-4-5-9(16)13(11)17/h4-6,8H,3,7H2,1-2H3,(H2,18,19,21)/t8-/m0/s1. The Bertz CT molecular complexity index is 661. The molecule has 2 rings (SSSR count).